The van der Waals surface area contributed by atoms with Crippen LogP contribution in [0.2, 0.25) is 10.6 Å². The minimum Gasteiger partial charge on any atom is -0.862 e. The van der Waals surface area contributed by atoms with Crippen molar-refractivity contribution in [1.29, 1.82) is 0 Å². The zero-order chi connectivity index (χ0) is 49.8. The molecule has 0 aliphatic carbocycles. The van der Waals surface area contributed by atoms with Crippen LogP contribution in [-0.2, 0) is 20.2 Å². The van der Waals surface area contributed by atoms with Crippen molar-refractivity contribution in [2.75, 3.05) is 14.2 Å². The van der Waals surface area contributed by atoms with Crippen LogP contribution in [0.1, 0.15) is 19.4 Å². The van der Waals surface area contributed by atoms with Gasteiger partial charge in [0, 0.05) is 16.8 Å². The molecule has 2 heterocycles. The Morgan fingerprint density at radius 3 is 1.75 bits per heavy atom. The maximum atomic E-state index is 12.4. The van der Waals surface area contributed by atoms with Crippen LogP contribution in [0.5, 0.6) is 11.5 Å². The number of hydrogen-bond acceptors (Lipinski definition) is 18. The Labute approximate surface area is 456 Å². The molecule has 30 heteroatoms. The predicted octanol–water partition coefficient (Wildman–Crippen LogP) is -0.759. The summed E-state index contributed by atoms with van der Waals surface area (Å²) in [6, 6.07) is 18.1. The largest absolute Gasteiger partial charge is 1.00 e. The first-order valence-corrected chi connectivity index (χ1v) is 23.1. The molecule has 0 unspecified atom stereocenters. The van der Waals surface area contributed by atoms with Crippen LogP contribution in [-0.4, -0.2) is 81.9 Å². The quantitative estimate of drug-likeness (QED) is 0.0289. The SMILES string of the molecule is COc1ccc(N=C(C)[O-])cc1N=c1[nH]c(Cl)nc(=Nc2cc(C)ccc2N=c2nc(Cl)[nH]c(=Nc3cc(N=C(C)[O-])c(N=Nc4cc(S(=O)(=O)O)c5cccc(S(=O)(=O)O)c5c4)cc3OC)[nH]2)[nH]1.[Na+].[Na+]. The van der Waals surface area contributed by atoms with Crippen molar-refractivity contribution < 1.29 is 105 Å². The summed E-state index contributed by atoms with van der Waals surface area (Å²) >= 11 is 12.8. The van der Waals surface area contributed by atoms with Gasteiger partial charge in [0.25, 0.3) is 20.2 Å². The van der Waals surface area contributed by atoms with Crippen LogP contribution in [0.3, 0.4) is 0 Å². The van der Waals surface area contributed by atoms with Crippen molar-refractivity contribution in [3.8, 4) is 11.5 Å². The molecule has 0 atom stereocenters. The average molecular weight is 1060 g/mol. The summed E-state index contributed by atoms with van der Waals surface area (Å²) in [7, 11) is -7.05. The second-order valence-electron chi connectivity index (χ2n) is 14.2. The van der Waals surface area contributed by atoms with Crippen LogP contribution >= 0.6 is 23.2 Å². The Balaban J connectivity index is 0.00000469. The average Bonchev–Trinajstić information content (AvgIpc) is 3.25. The number of aromatic amines is 4. The van der Waals surface area contributed by atoms with Crippen molar-refractivity contribution in [3.05, 3.63) is 117 Å². The molecule has 356 valence electrons. The summed E-state index contributed by atoms with van der Waals surface area (Å²) in [5.74, 6) is -0.629. The first-order chi connectivity index (χ1) is 32.6. The van der Waals surface area contributed by atoms with E-state index in [1.54, 1.807) is 36.4 Å². The van der Waals surface area contributed by atoms with Gasteiger partial charge in [-0.2, -0.15) is 31.9 Å². The molecule has 0 radical (unpaired) electrons. The maximum Gasteiger partial charge on any atom is 1.00 e. The smallest absolute Gasteiger partial charge is 0.862 e. The molecule has 5 aromatic carbocycles. The molecule has 0 bridgehead atoms. The zero-order valence-electron chi connectivity index (χ0n) is 38.2. The summed E-state index contributed by atoms with van der Waals surface area (Å²) in [6.07, 6.45) is 0. The van der Waals surface area contributed by atoms with E-state index in [0.29, 0.717) is 22.8 Å². The minimum atomic E-state index is -4.96. The van der Waals surface area contributed by atoms with Crippen molar-refractivity contribution in [2.45, 2.75) is 30.6 Å². The molecule has 0 aliphatic heterocycles. The minimum absolute atomic E-state index is 0. The topological polar surface area (TPSA) is 361 Å². The Kier molecular flexibility index (Phi) is 18.6. The summed E-state index contributed by atoms with van der Waals surface area (Å²) < 4.78 is 79.9. The fourth-order valence-electron chi connectivity index (χ4n) is 6.34. The number of benzene rings is 5. The number of fused-ring (bicyclic) bond motifs is 1. The fraction of sp³-hybridized carbons (Fsp3) is 0.122. The molecule has 0 amide bonds. The van der Waals surface area contributed by atoms with Gasteiger partial charge in [-0.3, -0.25) is 29.1 Å². The third-order valence-corrected chi connectivity index (χ3v) is 11.3. The van der Waals surface area contributed by atoms with Gasteiger partial charge in [0.2, 0.25) is 33.0 Å². The Hall–Kier alpha value is -5.88. The number of nitrogens with one attached hydrogen (secondary N) is 4. The zero-order valence-corrected chi connectivity index (χ0v) is 45.4. The van der Waals surface area contributed by atoms with Crippen molar-refractivity contribution in [2.24, 2.45) is 40.2 Å². The van der Waals surface area contributed by atoms with Crippen molar-refractivity contribution in [3.63, 3.8) is 0 Å². The molecule has 2 aromatic heterocycles. The molecule has 7 rings (SSSR count). The number of azo groups is 1. The Bertz CT molecular complexity index is 3830. The molecule has 24 nitrogen and oxygen atoms in total. The summed E-state index contributed by atoms with van der Waals surface area (Å²) in [5.41, 5.74) is 1.74. The van der Waals surface area contributed by atoms with Crippen molar-refractivity contribution in [1.82, 2.24) is 29.9 Å². The van der Waals surface area contributed by atoms with E-state index >= 15 is 0 Å². The molecule has 7 aromatic rings. The van der Waals surface area contributed by atoms with E-state index in [2.05, 4.69) is 70.1 Å². The van der Waals surface area contributed by atoms with Gasteiger partial charge < -0.3 is 29.7 Å². The maximum absolute atomic E-state index is 12.4. The van der Waals surface area contributed by atoms with Gasteiger partial charge in [-0.15, -0.1) is 5.11 Å². The Morgan fingerprint density at radius 1 is 0.577 bits per heavy atom. The molecule has 0 aliphatic rings. The van der Waals surface area contributed by atoms with Crippen molar-refractivity contribution >= 4 is 112 Å². The summed E-state index contributed by atoms with van der Waals surface area (Å²) in [4.78, 5) is 44.9. The van der Waals surface area contributed by atoms with Gasteiger partial charge in [-0.05, 0) is 116 Å². The third kappa shape index (κ3) is 14.4. The fourth-order valence-corrected chi connectivity index (χ4v) is 8.10. The first kappa shape index (κ1) is 56.0. The van der Waals surface area contributed by atoms with Gasteiger partial charge in [0.15, 0.2) is 0 Å². The van der Waals surface area contributed by atoms with Crippen LogP contribution in [0.4, 0.5) is 45.5 Å². The number of nitrogens with zero attached hydrogens (tertiary/aromatic N) is 10. The van der Waals surface area contributed by atoms with Gasteiger partial charge >= 0.3 is 59.1 Å². The normalized spacial score (nSPS) is 13.4. The summed E-state index contributed by atoms with van der Waals surface area (Å²) in [6.45, 7) is 4.33. The standard InChI is InChI=1S/C41H36Cl2N14O10S2.2Na/c1-19-9-11-26(27(13-19)47-39-51-37(43)52-40(55-39)48-30-15-22(44-20(2)58)10-12-32(30)66-4)46-38-50-36(42)53-41(54-38)49-31-17-28(45-21(3)59)29(18-33(31)67-5)57-56-23-14-25-24(35(16-23)69(63,64)65)7-6-8-34(25)68(60,61)62;;/h6-18H,1-5H3,(H,44,58)(H,45,59)(H,60,61,62)(H,63,64,65)(H2,46,49,50,53,54)(H2,47,48,51,52,55);;/q;2*+1/p-2. The van der Waals surface area contributed by atoms with Crippen LogP contribution < -0.4 is 101 Å². The monoisotopic (exact) mass is 1060 g/mol. The van der Waals surface area contributed by atoms with Gasteiger partial charge in [-0.1, -0.05) is 18.2 Å². The molecular weight excluding hydrogens is 1030 g/mol. The molecular formula is C41H34Cl2N14Na2O10S2. The Morgan fingerprint density at radius 2 is 1.17 bits per heavy atom. The van der Waals surface area contributed by atoms with Crippen LogP contribution in [0.15, 0.2) is 129 Å². The number of halogens is 2. The molecule has 0 saturated heterocycles. The molecule has 71 heavy (non-hydrogen) atoms. The number of aromatic nitrogens is 6. The van der Waals surface area contributed by atoms with Crippen LogP contribution in [0, 0.1) is 6.92 Å². The number of hydrogen-bond donors (Lipinski definition) is 6. The van der Waals surface area contributed by atoms with E-state index in [1.807, 2.05) is 6.92 Å². The molecule has 0 saturated carbocycles. The van der Waals surface area contributed by atoms with Gasteiger partial charge in [0.1, 0.15) is 38.4 Å². The summed E-state index contributed by atoms with van der Waals surface area (Å²) in [5, 5.41) is 31.4. The molecule has 0 spiro atoms. The molecule has 6 N–H and O–H groups in total. The van der Waals surface area contributed by atoms with E-state index in [-0.39, 0.29) is 137 Å². The van der Waals surface area contributed by atoms with E-state index in [9.17, 15) is 36.2 Å². The second-order valence-corrected chi connectivity index (χ2v) is 17.7. The van der Waals surface area contributed by atoms with Crippen LogP contribution in [0.25, 0.3) is 10.8 Å². The third-order valence-electron chi connectivity index (χ3n) is 9.09. The number of aliphatic imine (C=N–C) groups is 2. The van der Waals surface area contributed by atoms with E-state index in [4.69, 9.17) is 32.7 Å². The number of methoxy groups -OCH3 is 2. The number of H-pyrrole nitrogens is 4. The van der Waals surface area contributed by atoms with Gasteiger partial charge in [0.05, 0.1) is 42.7 Å². The van der Waals surface area contributed by atoms with E-state index in [1.165, 1.54) is 52.3 Å². The molecule has 0 fully saturated rings. The van der Waals surface area contributed by atoms with E-state index in [0.717, 1.165) is 23.8 Å². The van der Waals surface area contributed by atoms with Gasteiger partial charge in [-0.25, -0.2) is 20.0 Å². The first-order valence-electron chi connectivity index (χ1n) is 19.5. The second kappa shape index (κ2) is 23.6. The number of aryl methyl sites for hydroxylation is 1. The predicted molar refractivity (Wildman–Crippen MR) is 247 cm³/mol. The number of rotatable bonds is 12. The van der Waals surface area contributed by atoms with E-state index < -0.39 is 41.8 Å². The number of ether oxygens (including phenoxy) is 2.